The first-order valence-corrected chi connectivity index (χ1v) is 9.54. The number of hydrogen-bond acceptors (Lipinski definition) is 4. The Morgan fingerprint density at radius 1 is 1.12 bits per heavy atom. The first-order chi connectivity index (χ1) is 11.8. The first kappa shape index (κ1) is 19.1. The zero-order valence-electron chi connectivity index (χ0n) is 14.6. The van der Waals surface area contributed by atoms with Crippen molar-refractivity contribution in [3.05, 3.63) is 59.4 Å². The average molecular weight is 361 g/mol. The molecule has 1 aromatic carbocycles. The second-order valence-electron chi connectivity index (χ2n) is 5.96. The zero-order chi connectivity index (χ0) is 18.4. The summed E-state index contributed by atoms with van der Waals surface area (Å²) in [5.74, 6) is -0.216. The van der Waals surface area contributed by atoms with E-state index in [1.165, 1.54) is 0 Å². The van der Waals surface area contributed by atoms with Crippen molar-refractivity contribution in [2.24, 2.45) is 0 Å². The van der Waals surface area contributed by atoms with E-state index in [0.29, 0.717) is 0 Å². The van der Waals surface area contributed by atoms with Gasteiger partial charge >= 0.3 is 0 Å². The highest BCUT2D eigenvalue weighted by atomic mass is 32.2. The minimum absolute atomic E-state index is 0.0458. The lowest BCUT2D eigenvalue weighted by Crippen LogP contribution is -2.32. The molecule has 134 valence electrons. The molecule has 2 aromatic rings. The molecular formula is C18H23N3O3S. The Kier molecular flexibility index (Phi) is 6.27. The van der Waals surface area contributed by atoms with Crippen LogP contribution in [-0.2, 0) is 14.8 Å². The Morgan fingerprint density at radius 2 is 1.80 bits per heavy atom. The van der Waals surface area contributed by atoms with Gasteiger partial charge in [-0.1, -0.05) is 6.07 Å². The number of rotatable bonds is 7. The van der Waals surface area contributed by atoms with E-state index in [1.807, 2.05) is 32.9 Å². The van der Waals surface area contributed by atoms with Crippen LogP contribution in [0.15, 0.2) is 47.6 Å². The summed E-state index contributed by atoms with van der Waals surface area (Å²) in [7, 11) is -3.61. The van der Waals surface area contributed by atoms with Crippen molar-refractivity contribution in [2.45, 2.75) is 38.1 Å². The maximum absolute atomic E-state index is 12.3. The van der Waals surface area contributed by atoms with E-state index in [0.717, 1.165) is 16.7 Å². The van der Waals surface area contributed by atoms with Gasteiger partial charge in [0, 0.05) is 25.4 Å². The van der Waals surface area contributed by atoms with Gasteiger partial charge in [-0.2, -0.15) is 0 Å². The van der Waals surface area contributed by atoms with E-state index < -0.39 is 10.0 Å². The van der Waals surface area contributed by atoms with Crippen molar-refractivity contribution >= 4 is 15.9 Å². The normalized spacial score (nSPS) is 12.6. The molecule has 0 saturated carbocycles. The van der Waals surface area contributed by atoms with Crippen LogP contribution in [0.5, 0.6) is 0 Å². The van der Waals surface area contributed by atoms with Crippen molar-refractivity contribution < 1.29 is 13.2 Å². The molecule has 1 amide bonds. The minimum Gasteiger partial charge on any atom is -0.350 e. The highest BCUT2D eigenvalue weighted by molar-refractivity contribution is 7.89. The van der Waals surface area contributed by atoms with E-state index in [2.05, 4.69) is 15.0 Å². The summed E-state index contributed by atoms with van der Waals surface area (Å²) in [6.07, 6.45) is 3.39. The van der Waals surface area contributed by atoms with Gasteiger partial charge in [0.2, 0.25) is 15.9 Å². The van der Waals surface area contributed by atoms with Crippen LogP contribution in [0.25, 0.3) is 0 Å². The fourth-order valence-corrected chi connectivity index (χ4v) is 3.43. The van der Waals surface area contributed by atoms with Crippen LogP contribution in [0.2, 0.25) is 0 Å². The SMILES string of the molecule is Cc1ccc(S(=O)(=O)NCCC(=O)NC(C)c2ccncc2)cc1C. The number of sulfonamides is 1. The van der Waals surface area contributed by atoms with Crippen molar-refractivity contribution in [1.29, 1.82) is 0 Å². The summed E-state index contributed by atoms with van der Waals surface area (Å²) in [5.41, 5.74) is 2.88. The Labute approximate surface area is 148 Å². The van der Waals surface area contributed by atoms with Gasteiger partial charge in [0.1, 0.15) is 0 Å². The third-order valence-corrected chi connectivity index (χ3v) is 5.48. The summed E-state index contributed by atoms with van der Waals surface area (Å²) in [6, 6.07) is 8.46. The smallest absolute Gasteiger partial charge is 0.240 e. The number of benzene rings is 1. The van der Waals surface area contributed by atoms with Gasteiger partial charge in [-0.05, 0) is 61.7 Å². The van der Waals surface area contributed by atoms with Gasteiger partial charge in [0.05, 0.1) is 10.9 Å². The van der Waals surface area contributed by atoms with Gasteiger partial charge in [-0.15, -0.1) is 0 Å². The molecule has 0 fully saturated rings. The summed E-state index contributed by atoms with van der Waals surface area (Å²) in [5, 5.41) is 2.84. The fraction of sp³-hybridized carbons (Fsp3) is 0.333. The molecule has 1 unspecified atom stereocenters. The standard InChI is InChI=1S/C18H23N3O3S/c1-13-4-5-17(12-14(13)2)25(23,24)20-11-8-18(22)21-15(3)16-6-9-19-10-7-16/h4-7,9-10,12,15,20H,8,11H2,1-3H3,(H,21,22). The minimum atomic E-state index is -3.61. The topological polar surface area (TPSA) is 88.2 Å². The molecule has 1 aromatic heterocycles. The summed E-state index contributed by atoms with van der Waals surface area (Å²) >= 11 is 0. The van der Waals surface area contributed by atoms with Crippen molar-refractivity contribution in [3.8, 4) is 0 Å². The van der Waals surface area contributed by atoms with Crippen molar-refractivity contribution in [1.82, 2.24) is 15.0 Å². The van der Waals surface area contributed by atoms with Gasteiger partial charge < -0.3 is 5.32 Å². The molecule has 0 aliphatic heterocycles. The molecule has 1 heterocycles. The molecule has 1 atom stereocenters. The van der Waals surface area contributed by atoms with Crippen LogP contribution < -0.4 is 10.0 Å². The number of hydrogen-bond donors (Lipinski definition) is 2. The lowest BCUT2D eigenvalue weighted by atomic mass is 10.1. The van der Waals surface area contributed by atoms with E-state index in [-0.39, 0.29) is 29.8 Å². The van der Waals surface area contributed by atoms with Gasteiger partial charge in [-0.3, -0.25) is 9.78 Å². The van der Waals surface area contributed by atoms with E-state index in [1.54, 1.807) is 30.6 Å². The number of amides is 1. The summed E-state index contributed by atoms with van der Waals surface area (Å²) in [4.78, 5) is 16.1. The third-order valence-electron chi connectivity index (χ3n) is 4.02. The van der Waals surface area contributed by atoms with Crippen LogP contribution >= 0.6 is 0 Å². The highest BCUT2D eigenvalue weighted by Gasteiger charge is 2.15. The Morgan fingerprint density at radius 3 is 2.44 bits per heavy atom. The summed E-state index contributed by atoms with van der Waals surface area (Å²) in [6.45, 7) is 5.70. The molecule has 7 heteroatoms. The monoisotopic (exact) mass is 361 g/mol. The number of nitrogens with zero attached hydrogens (tertiary/aromatic N) is 1. The highest BCUT2D eigenvalue weighted by Crippen LogP contribution is 2.14. The molecule has 0 spiro atoms. The lowest BCUT2D eigenvalue weighted by Gasteiger charge is -2.14. The second-order valence-corrected chi connectivity index (χ2v) is 7.73. The Balaban J connectivity index is 1.86. The number of carbonyl (C=O) groups is 1. The summed E-state index contributed by atoms with van der Waals surface area (Å²) < 4.78 is 27.0. The average Bonchev–Trinajstić information content (AvgIpc) is 2.57. The van der Waals surface area contributed by atoms with E-state index in [9.17, 15) is 13.2 Å². The van der Waals surface area contributed by atoms with Crippen LogP contribution in [0.1, 0.15) is 36.1 Å². The Hall–Kier alpha value is -2.25. The number of pyridine rings is 1. The maximum atomic E-state index is 12.3. The van der Waals surface area contributed by atoms with Crippen molar-refractivity contribution in [2.75, 3.05) is 6.54 Å². The fourth-order valence-electron chi connectivity index (χ4n) is 2.31. The third kappa shape index (κ3) is 5.37. The van der Waals surface area contributed by atoms with Crippen LogP contribution in [-0.4, -0.2) is 25.9 Å². The maximum Gasteiger partial charge on any atom is 0.240 e. The van der Waals surface area contributed by atoms with Crippen LogP contribution in [0.3, 0.4) is 0 Å². The molecule has 0 aliphatic rings. The molecule has 0 saturated heterocycles. The number of nitrogens with one attached hydrogen (secondary N) is 2. The molecule has 0 aliphatic carbocycles. The molecule has 0 radical (unpaired) electrons. The van der Waals surface area contributed by atoms with Gasteiger partial charge in [0.15, 0.2) is 0 Å². The number of aromatic nitrogens is 1. The molecule has 2 rings (SSSR count). The Bertz CT molecular complexity index is 836. The molecule has 0 bridgehead atoms. The number of aryl methyl sites for hydroxylation is 2. The molecule has 2 N–H and O–H groups in total. The molecule has 25 heavy (non-hydrogen) atoms. The molecule has 6 nitrogen and oxygen atoms in total. The predicted octanol–water partition coefficient (Wildman–Crippen LogP) is 2.24. The largest absolute Gasteiger partial charge is 0.350 e. The number of carbonyl (C=O) groups excluding carboxylic acids is 1. The zero-order valence-corrected chi connectivity index (χ0v) is 15.4. The lowest BCUT2D eigenvalue weighted by molar-refractivity contribution is -0.121. The van der Waals surface area contributed by atoms with Gasteiger partial charge in [-0.25, -0.2) is 13.1 Å². The van der Waals surface area contributed by atoms with Gasteiger partial charge in [0.25, 0.3) is 0 Å². The van der Waals surface area contributed by atoms with Crippen molar-refractivity contribution in [3.63, 3.8) is 0 Å². The second kappa shape index (κ2) is 8.22. The predicted molar refractivity (Wildman–Crippen MR) is 96.5 cm³/mol. The quantitative estimate of drug-likeness (QED) is 0.792. The van der Waals surface area contributed by atoms with Crippen LogP contribution in [0, 0.1) is 13.8 Å². The molecular weight excluding hydrogens is 338 g/mol. The van der Waals surface area contributed by atoms with E-state index in [4.69, 9.17) is 0 Å². The van der Waals surface area contributed by atoms with Crippen LogP contribution in [0.4, 0.5) is 0 Å². The van der Waals surface area contributed by atoms with E-state index >= 15 is 0 Å². The first-order valence-electron chi connectivity index (χ1n) is 8.06.